The summed E-state index contributed by atoms with van der Waals surface area (Å²) in [6.45, 7) is 7.64. The van der Waals surface area contributed by atoms with Gasteiger partial charge in [-0.25, -0.2) is 9.59 Å². The van der Waals surface area contributed by atoms with E-state index >= 15 is 0 Å². The summed E-state index contributed by atoms with van der Waals surface area (Å²) in [6.07, 6.45) is 0. The molecule has 0 N–H and O–H groups in total. The molecule has 3 amide bonds. The van der Waals surface area contributed by atoms with Crippen LogP contribution in [0.1, 0.15) is 37.5 Å². The van der Waals surface area contributed by atoms with E-state index in [9.17, 15) is 14.4 Å². The molecule has 2 saturated heterocycles. The van der Waals surface area contributed by atoms with Crippen LogP contribution in [0.15, 0.2) is 91.0 Å². The summed E-state index contributed by atoms with van der Waals surface area (Å²) in [5.74, 6) is -0.448. The molecule has 226 valence electrons. The molecule has 3 aromatic carbocycles. The van der Waals surface area contributed by atoms with E-state index in [1.165, 1.54) is 12.0 Å². The van der Waals surface area contributed by atoms with Gasteiger partial charge in [-0.2, -0.15) is 0 Å². The zero-order valence-electron chi connectivity index (χ0n) is 25.7. The molecule has 8 heteroatoms. The lowest BCUT2D eigenvalue weighted by Gasteiger charge is -2.43. The zero-order valence-corrected chi connectivity index (χ0v) is 25.7. The molecular weight excluding hydrogens is 540 g/mol. The molecule has 0 bridgehead atoms. The van der Waals surface area contributed by atoms with Gasteiger partial charge in [0.05, 0.1) is 12.6 Å². The van der Waals surface area contributed by atoms with E-state index in [1.54, 1.807) is 11.9 Å². The van der Waals surface area contributed by atoms with Gasteiger partial charge in [0.15, 0.2) is 0 Å². The average Bonchev–Trinajstić information content (AvgIpc) is 3.83. The molecule has 1 unspecified atom stereocenters. The number of hydrogen-bond acceptors (Lipinski definition) is 5. The first-order valence-corrected chi connectivity index (χ1v) is 15.0. The number of carbonyl (C=O) groups is 3. The summed E-state index contributed by atoms with van der Waals surface area (Å²) in [6, 6.07) is 29.8. The van der Waals surface area contributed by atoms with E-state index in [4.69, 9.17) is 4.74 Å². The van der Waals surface area contributed by atoms with Crippen molar-refractivity contribution < 1.29 is 19.1 Å². The van der Waals surface area contributed by atoms with Gasteiger partial charge in [0.1, 0.15) is 12.1 Å². The van der Waals surface area contributed by atoms with Gasteiger partial charge < -0.3 is 19.4 Å². The Hall–Kier alpha value is -4.17. The highest BCUT2D eigenvalue weighted by Gasteiger charge is 2.57. The Morgan fingerprint density at radius 3 is 1.72 bits per heavy atom. The van der Waals surface area contributed by atoms with Gasteiger partial charge in [-0.15, -0.1) is 0 Å². The number of likely N-dealkylation sites (N-methyl/N-ethyl adjacent to an activating group) is 1. The Labute approximate surface area is 254 Å². The highest BCUT2D eigenvalue weighted by molar-refractivity contribution is 5.87. The average molecular weight is 583 g/mol. The van der Waals surface area contributed by atoms with Gasteiger partial charge in [0.2, 0.25) is 5.91 Å². The molecule has 43 heavy (non-hydrogen) atoms. The predicted octanol–water partition coefficient (Wildman–Crippen LogP) is 4.44. The fourth-order valence-corrected chi connectivity index (χ4v) is 6.75. The minimum absolute atomic E-state index is 0.0785. The van der Waals surface area contributed by atoms with Crippen LogP contribution in [0, 0.1) is 5.92 Å². The van der Waals surface area contributed by atoms with Crippen LogP contribution < -0.4 is 0 Å². The van der Waals surface area contributed by atoms with E-state index in [1.807, 2.05) is 43.9 Å². The highest BCUT2D eigenvalue weighted by atomic mass is 16.5. The number of nitrogens with zero attached hydrogens (tertiary/aromatic N) is 4. The van der Waals surface area contributed by atoms with Crippen molar-refractivity contribution in [3.8, 4) is 0 Å². The molecule has 2 aliphatic rings. The smallest absolute Gasteiger partial charge is 0.328 e. The summed E-state index contributed by atoms with van der Waals surface area (Å²) in [7, 11) is 2.98. The van der Waals surface area contributed by atoms with Crippen molar-refractivity contribution in [2.45, 2.75) is 44.4 Å². The first kappa shape index (κ1) is 30.3. The highest BCUT2D eigenvalue weighted by Crippen LogP contribution is 2.48. The van der Waals surface area contributed by atoms with Gasteiger partial charge in [0, 0.05) is 39.3 Å². The number of methoxy groups -OCH3 is 1. The third-order valence-electron chi connectivity index (χ3n) is 8.88. The molecule has 0 aromatic heterocycles. The quantitative estimate of drug-likeness (QED) is 0.223. The number of carbonyl (C=O) groups excluding carboxylic acids is 3. The molecule has 8 nitrogen and oxygen atoms in total. The number of piperazine rings is 1. The summed E-state index contributed by atoms with van der Waals surface area (Å²) in [4.78, 5) is 47.4. The van der Waals surface area contributed by atoms with Crippen molar-refractivity contribution in [2.24, 2.45) is 5.92 Å². The zero-order chi connectivity index (χ0) is 30.7. The van der Waals surface area contributed by atoms with E-state index in [2.05, 4.69) is 77.7 Å². The SMILES string of the molecule is COC(=O)[C@H](C(C)C)N(C)C(=O)N1CCN(C(=O)[C@H]2CN2C(c2ccccc2)(c2ccccc2)c2ccccc2)[C@H](C)C1. The Kier molecular flexibility index (Phi) is 8.87. The van der Waals surface area contributed by atoms with E-state index < -0.39 is 17.6 Å². The van der Waals surface area contributed by atoms with Gasteiger partial charge in [-0.05, 0) is 29.5 Å². The van der Waals surface area contributed by atoms with Crippen LogP contribution in [0.4, 0.5) is 4.79 Å². The lowest BCUT2D eigenvalue weighted by atomic mass is 9.76. The summed E-state index contributed by atoms with van der Waals surface area (Å²) in [5, 5.41) is 0. The Morgan fingerprint density at radius 1 is 0.814 bits per heavy atom. The third-order valence-corrected chi connectivity index (χ3v) is 8.88. The van der Waals surface area contributed by atoms with Gasteiger partial charge in [0.25, 0.3) is 0 Å². The lowest BCUT2D eigenvalue weighted by molar-refractivity contribution is -0.147. The van der Waals surface area contributed by atoms with Gasteiger partial charge >= 0.3 is 12.0 Å². The molecule has 4 atom stereocenters. The standard InChI is InChI=1S/C35H42N4O4/c1-25(2)31(33(41)43-5)36(4)34(42)37-21-22-38(26(3)23-37)32(40)30-24-39(30)35(27-15-9-6-10-16-27,28-17-11-7-12-18-28)29-19-13-8-14-20-29/h6-20,25-26,30-31H,21-24H2,1-5H3/t26-,30-,31+,39?/m1/s1. The van der Waals surface area contributed by atoms with Crippen molar-refractivity contribution in [3.63, 3.8) is 0 Å². The minimum Gasteiger partial charge on any atom is -0.467 e. The second-order valence-electron chi connectivity index (χ2n) is 11.9. The molecule has 2 aliphatic heterocycles. The number of rotatable bonds is 8. The van der Waals surface area contributed by atoms with Gasteiger partial charge in [-0.3, -0.25) is 9.69 Å². The molecular formula is C35H42N4O4. The topological polar surface area (TPSA) is 73.2 Å². The van der Waals surface area contributed by atoms with Crippen molar-refractivity contribution in [1.29, 1.82) is 0 Å². The third kappa shape index (κ3) is 5.64. The van der Waals surface area contributed by atoms with Crippen molar-refractivity contribution in [3.05, 3.63) is 108 Å². The maximum atomic E-state index is 14.2. The van der Waals surface area contributed by atoms with Crippen LogP contribution in [-0.2, 0) is 19.9 Å². The van der Waals surface area contributed by atoms with Crippen LogP contribution in [0.3, 0.4) is 0 Å². The maximum Gasteiger partial charge on any atom is 0.328 e. The maximum absolute atomic E-state index is 14.2. The second-order valence-corrected chi connectivity index (χ2v) is 11.9. The first-order chi connectivity index (χ1) is 20.7. The van der Waals surface area contributed by atoms with Crippen LogP contribution in [-0.4, -0.2) is 96.0 Å². The first-order valence-electron chi connectivity index (χ1n) is 15.0. The Bertz CT molecular complexity index is 1320. The number of hydrogen-bond donors (Lipinski definition) is 0. The predicted molar refractivity (Wildman–Crippen MR) is 166 cm³/mol. The Morgan fingerprint density at radius 2 is 1.30 bits per heavy atom. The monoisotopic (exact) mass is 582 g/mol. The number of amides is 3. The number of benzene rings is 3. The van der Waals surface area contributed by atoms with Crippen LogP contribution in [0.5, 0.6) is 0 Å². The summed E-state index contributed by atoms with van der Waals surface area (Å²) < 4.78 is 4.96. The molecule has 0 saturated carbocycles. The molecule has 5 rings (SSSR count). The van der Waals surface area contributed by atoms with Gasteiger partial charge in [-0.1, -0.05) is 105 Å². The molecule has 2 fully saturated rings. The lowest BCUT2D eigenvalue weighted by Crippen LogP contribution is -2.60. The fourth-order valence-electron chi connectivity index (χ4n) is 6.75. The second kappa shape index (κ2) is 12.6. The number of esters is 1. The molecule has 0 spiro atoms. The molecule has 2 heterocycles. The molecule has 0 aliphatic carbocycles. The van der Waals surface area contributed by atoms with E-state index in [0.717, 1.165) is 16.7 Å². The van der Waals surface area contributed by atoms with Crippen LogP contribution in [0.25, 0.3) is 0 Å². The largest absolute Gasteiger partial charge is 0.467 e. The van der Waals surface area contributed by atoms with Crippen molar-refractivity contribution in [2.75, 3.05) is 40.3 Å². The summed E-state index contributed by atoms with van der Waals surface area (Å²) >= 11 is 0. The van der Waals surface area contributed by atoms with Crippen molar-refractivity contribution >= 4 is 17.9 Å². The summed E-state index contributed by atoms with van der Waals surface area (Å²) in [5.41, 5.74) is 2.70. The van der Waals surface area contributed by atoms with Crippen LogP contribution in [0.2, 0.25) is 0 Å². The Balaban J connectivity index is 1.38. The van der Waals surface area contributed by atoms with Crippen molar-refractivity contribution in [1.82, 2.24) is 19.6 Å². The van der Waals surface area contributed by atoms with Crippen LogP contribution >= 0.6 is 0 Å². The van der Waals surface area contributed by atoms with E-state index in [0.29, 0.717) is 26.2 Å². The minimum atomic E-state index is -0.672. The number of ether oxygens (including phenoxy) is 1. The fraction of sp³-hybridized carbons (Fsp3) is 0.400. The van der Waals surface area contributed by atoms with E-state index in [-0.39, 0.29) is 29.9 Å². The molecule has 0 radical (unpaired) electrons. The number of urea groups is 1. The normalized spacial score (nSPS) is 20.8. The molecule has 3 aromatic rings.